The van der Waals surface area contributed by atoms with Gasteiger partial charge in [0.05, 0.1) is 6.10 Å². The summed E-state index contributed by atoms with van der Waals surface area (Å²) in [5, 5.41) is 10.4. The van der Waals surface area contributed by atoms with E-state index in [0.29, 0.717) is 0 Å². The molecule has 0 saturated heterocycles. The third kappa shape index (κ3) is 4.07. The number of aryl methyl sites for hydroxylation is 1. The highest BCUT2D eigenvalue weighted by molar-refractivity contribution is 5.27. The fourth-order valence-corrected chi connectivity index (χ4v) is 3.31. The molecule has 2 heteroatoms. The van der Waals surface area contributed by atoms with Crippen LogP contribution in [0.1, 0.15) is 56.3 Å². The van der Waals surface area contributed by atoms with Crippen molar-refractivity contribution < 1.29 is 5.11 Å². The molecule has 0 bridgehead atoms. The number of benzene rings is 1. The lowest BCUT2D eigenvalue weighted by Gasteiger charge is -2.34. The van der Waals surface area contributed by atoms with Crippen LogP contribution in [0.15, 0.2) is 24.3 Å². The van der Waals surface area contributed by atoms with E-state index in [-0.39, 0.29) is 6.10 Å². The van der Waals surface area contributed by atoms with E-state index in [4.69, 9.17) is 0 Å². The topological polar surface area (TPSA) is 23.5 Å². The zero-order valence-corrected chi connectivity index (χ0v) is 13.2. The normalized spacial score (nSPS) is 24.9. The van der Waals surface area contributed by atoms with Crippen LogP contribution in [0.25, 0.3) is 0 Å². The van der Waals surface area contributed by atoms with Gasteiger partial charge in [0.25, 0.3) is 0 Å². The Morgan fingerprint density at radius 3 is 2.50 bits per heavy atom. The van der Waals surface area contributed by atoms with Gasteiger partial charge in [-0.3, -0.25) is 0 Å². The molecule has 0 aromatic heterocycles. The van der Waals surface area contributed by atoms with Gasteiger partial charge in [-0.1, -0.05) is 31.2 Å². The lowest BCUT2D eigenvalue weighted by Crippen LogP contribution is -2.36. The van der Waals surface area contributed by atoms with Crippen molar-refractivity contribution in [1.29, 1.82) is 0 Å². The summed E-state index contributed by atoms with van der Waals surface area (Å²) in [5.74, 6) is 0.900. The van der Waals surface area contributed by atoms with E-state index >= 15 is 0 Å². The maximum atomic E-state index is 10.4. The zero-order chi connectivity index (χ0) is 14.5. The van der Waals surface area contributed by atoms with Crippen molar-refractivity contribution in [3.8, 4) is 0 Å². The summed E-state index contributed by atoms with van der Waals surface area (Å²) >= 11 is 0. The van der Waals surface area contributed by atoms with Crippen LogP contribution in [0.3, 0.4) is 0 Å². The SMILES string of the molecule is Cc1ccccc1C(O)CCN(C)C1CCC(C)CC1. The highest BCUT2D eigenvalue weighted by Crippen LogP contribution is 2.27. The van der Waals surface area contributed by atoms with Crippen LogP contribution in [-0.2, 0) is 0 Å². The summed E-state index contributed by atoms with van der Waals surface area (Å²) in [4.78, 5) is 2.45. The first kappa shape index (κ1) is 15.5. The second-order valence-corrected chi connectivity index (χ2v) is 6.56. The minimum Gasteiger partial charge on any atom is -0.388 e. The molecule has 0 heterocycles. The second kappa shape index (κ2) is 7.24. The molecule has 1 atom stereocenters. The Balaban J connectivity index is 1.81. The molecule has 0 radical (unpaired) electrons. The van der Waals surface area contributed by atoms with E-state index < -0.39 is 0 Å². The molecule has 2 nitrogen and oxygen atoms in total. The van der Waals surface area contributed by atoms with Crippen LogP contribution in [0.4, 0.5) is 0 Å². The van der Waals surface area contributed by atoms with E-state index in [1.807, 2.05) is 18.2 Å². The van der Waals surface area contributed by atoms with E-state index in [1.54, 1.807) is 0 Å². The summed E-state index contributed by atoms with van der Waals surface area (Å²) in [5.41, 5.74) is 2.27. The molecule has 0 amide bonds. The molecule has 1 N–H and O–H groups in total. The summed E-state index contributed by atoms with van der Waals surface area (Å²) < 4.78 is 0. The van der Waals surface area contributed by atoms with Gasteiger partial charge in [0.15, 0.2) is 0 Å². The van der Waals surface area contributed by atoms with Gasteiger partial charge in [-0.05, 0) is 63.1 Å². The molecule has 1 aromatic rings. The fraction of sp³-hybridized carbons (Fsp3) is 0.667. The molecular formula is C18H29NO. The van der Waals surface area contributed by atoms with Crippen molar-refractivity contribution >= 4 is 0 Å². The third-order valence-corrected chi connectivity index (χ3v) is 4.91. The molecule has 112 valence electrons. The monoisotopic (exact) mass is 275 g/mol. The maximum absolute atomic E-state index is 10.4. The average Bonchev–Trinajstić information content (AvgIpc) is 2.45. The maximum Gasteiger partial charge on any atom is 0.0804 e. The van der Waals surface area contributed by atoms with Crippen LogP contribution in [0.5, 0.6) is 0 Å². The van der Waals surface area contributed by atoms with Gasteiger partial charge in [0.1, 0.15) is 0 Å². The second-order valence-electron chi connectivity index (χ2n) is 6.56. The lowest BCUT2D eigenvalue weighted by molar-refractivity contribution is 0.118. The predicted molar refractivity (Wildman–Crippen MR) is 84.8 cm³/mol. The molecule has 0 spiro atoms. The van der Waals surface area contributed by atoms with Gasteiger partial charge >= 0.3 is 0 Å². The predicted octanol–water partition coefficient (Wildman–Crippen LogP) is 3.93. The van der Waals surface area contributed by atoms with Crippen molar-refractivity contribution in [3.05, 3.63) is 35.4 Å². The van der Waals surface area contributed by atoms with Crippen LogP contribution >= 0.6 is 0 Å². The number of hydrogen-bond donors (Lipinski definition) is 1. The molecule has 0 aliphatic heterocycles. The molecule has 1 saturated carbocycles. The Bertz CT molecular complexity index is 410. The number of aliphatic hydroxyl groups excluding tert-OH is 1. The van der Waals surface area contributed by atoms with Crippen molar-refractivity contribution in [3.63, 3.8) is 0 Å². The van der Waals surface area contributed by atoms with E-state index in [2.05, 4.69) is 31.9 Å². The molecule has 1 aliphatic rings. The Morgan fingerprint density at radius 2 is 1.85 bits per heavy atom. The molecule has 1 aliphatic carbocycles. The molecular weight excluding hydrogens is 246 g/mol. The third-order valence-electron chi connectivity index (χ3n) is 4.91. The number of nitrogens with zero attached hydrogens (tertiary/aromatic N) is 1. The largest absolute Gasteiger partial charge is 0.388 e. The van der Waals surface area contributed by atoms with Crippen molar-refractivity contribution in [2.45, 2.75) is 58.1 Å². The van der Waals surface area contributed by atoms with Crippen molar-refractivity contribution in [2.75, 3.05) is 13.6 Å². The van der Waals surface area contributed by atoms with Gasteiger partial charge < -0.3 is 10.0 Å². The summed E-state index contributed by atoms with van der Waals surface area (Å²) in [7, 11) is 2.21. The number of aliphatic hydroxyl groups is 1. The van der Waals surface area contributed by atoms with E-state index in [0.717, 1.165) is 30.5 Å². The minimum absolute atomic E-state index is 0.332. The minimum atomic E-state index is -0.332. The van der Waals surface area contributed by atoms with E-state index in [9.17, 15) is 5.11 Å². The van der Waals surface area contributed by atoms with Crippen molar-refractivity contribution in [2.24, 2.45) is 5.92 Å². The summed E-state index contributed by atoms with van der Waals surface area (Å²) in [6.45, 7) is 5.41. The molecule has 1 fully saturated rings. The highest BCUT2D eigenvalue weighted by atomic mass is 16.3. The Hall–Kier alpha value is -0.860. The van der Waals surface area contributed by atoms with Crippen LogP contribution in [-0.4, -0.2) is 29.6 Å². The van der Waals surface area contributed by atoms with Crippen LogP contribution in [0.2, 0.25) is 0 Å². The first-order valence-corrected chi connectivity index (χ1v) is 8.01. The fourth-order valence-electron chi connectivity index (χ4n) is 3.31. The molecule has 1 aromatic carbocycles. The van der Waals surface area contributed by atoms with Gasteiger partial charge in [-0.25, -0.2) is 0 Å². The first-order chi connectivity index (χ1) is 9.58. The van der Waals surface area contributed by atoms with Crippen molar-refractivity contribution in [1.82, 2.24) is 4.90 Å². The summed E-state index contributed by atoms with van der Waals surface area (Å²) in [6.07, 6.45) is 5.84. The van der Waals surface area contributed by atoms with Gasteiger partial charge in [-0.2, -0.15) is 0 Å². The number of hydrogen-bond acceptors (Lipinski definition) is 2. The Kier molecular flexibility index (Phi) is 5.62. The van der Waals surface area contributed by atoms with Gasteiger partial charge in [-0.15, -0.1) is 0 Å². The molecule has 1 unspecified atom stereocenters. The zero-order valence-electron chi connectivity index (χ0n) is 13.2. The average molecular weight is 275 g/mol. The summed E-state index contributed by atoms with van der Waals surface area (Å²) in [6, 6.07) is 8.88. The first-order valence-electron chi connectivity index (χ1n) is 8.01. The Morgan fingerprint density at radius 1 is 1.20 bits per heavy atom. The van der Waals surface area contributed by atoms with E-state index in [1.165, 1.54) is 31.2 Å². The lowest BCUT2D eigenvalue weighted by atomic mass is 9.86. The standard InChI is InChI=1S/C18H29NO/c1-14-8-10-16(11-9-14)19(3)13-12-18(20)17-7-5-4-6-15(17)2/h4-7,14,16,18,20H,8-13H2,1-3H3. The smallest absolute Gasteiger partial charge is 0.0804 e. The van der Waals surface area contributed by atoms with Gasteiger partial charge in [0, 0.05) is 12.6 Å². The van der Waals surface area contributed by atoms with Crippen LogP contribution in [0, 0.1) is 12.8 Å². The molecule has 20 heavy (non-hydrogen) atoms. The van der Waals surface area contributed by atoms with Crippen LogP contribution < -0.4 is 0 Å². The molecule has 2 rings (SSSR count). The number of rotatable bonds is 5. The highest BCUT2D eigenvalue weighted by Gasteiger charge is 2.22. The van der Waals surface area contributed by atoms with Gasteiger partial charge in [0.2, 0.25) is 0 Å². The quantitative estimate of drug-likeness (QED) is 0.880. The Labute approximate surface area is 123 Å².